The summed E-state index contributed by atoms with van der Waals surface area (Å²) in [4.78, 5) is 25.6. The minimum Gasteiger partial charge on any atom is -0.507 e. The number of carbonyl (C=O) groups is 2. The molecule has 0 aliphatic carbocycles. The first-order valence-corrected chi connectivity index (χ1v) is 13.0. The van der Waals surface area contributed by atoms with Gasteiger partial charge in [0.05, 0.1) is 12.8 Å². The fraction of sp³-hybridized carbons (Fsp3) is 0.0690. The van der Waals surface area contributed by atoms with Crippen molar-refractivity contribution in [3.8, 4) is 11.5 Å². The standard InChI is InChI=1S/C29H25N3O5S2/c1-37-25-13-6-5-12-23(25)32-29(38)31-19-10-7-11-21(16-19)39-26(18-8-3-2-4-9-18)27(34)30-20-14-15-24(33)22(17-20)28(35)36/h2-17,26,33H,1H3,(H,30,34)(H,35,36)(H2,31,32,38). The summed E-state index contributed by atoms with van der Waals surface area (Å²) < 4.78 is 5.36. The average molecular weight is 560 g/mol. The van der Waals surface area contributed by atoms with E-state index in [0.29, 0.717) is 10.9 Å². The van der Waals surface area contributed by atoms with Crippen molar-refractivity contribution in [2.45, 2.75) is 10.1 Å². The van der Waals surface area contributed by atoms with Crippen LogP contribution in [0.2, 0.25) is 0 Å². The van der Waals surface area contributed by atoms with Gasteiger partial charge in [0.1, 0.15) is 22.3 Å². The molecule has 0 aliphatic heterocycles. The number of carboxylic acids is 1. The first-order chi connectivity index (χ1) is 18.8. The van der Waals surface area contributed by atoms with Crippen molar-refractivity contribution in [1.29, 1.82) is 0 Å². The molecule has 0 aromatic heterocycles. The Bertz CT molecular complexity index is 1500. The third-order valence-corrected chi connectivity index (χ3v) is 6.99. The third-order valence-electron chi connectivity index (χ3n) is 5.54. The Balaban J connectivity index is 1.52. The molecule has 0 saturated heterocycles. The van der Waals surface area contributed by atoms with Gasteiger partial charge < -0.3 is 30.9 Å². The van der Waals surface area contributed by atoms with Gasteiger partial charge in [-0.2, -0.15) is 0 Å². The molecule has 0 radical (unpaired) electrons. The summed E-state index contributed by atoms with van der Waals surface area (Å²) in [6, 6.07) is 28.1. The van der Waals surface area contributed by atoms with E-state index in [9.17, 15) is 19.8 Å². The van der Waals surface area contributed by atoms with Gasteiger partial charge >= 0.3 is 5.97 Å². The molecule has 4 aromatic rings. The van der Waals surface area contributed by atoms with Crippen molar-refractivity contribution in [3.63, 3.8) is 0 Å². The summed E-state index contributed by atoms with van der Waals surface area (Å²) in [5, 5.41) is 27.9. The van der Waals surface area contributed by atoms with E-state index in [0.717, 1.165) is 21.8 Å². The van der Waals surface area contributed by atoms with Crippen LogP contribution in [-0.2, 0) is 4.79 Å². The number of carboxylic acid groups (broad SMARTS) is 1. The topological polar surface area (TPSA) is 120 Å². The van der Waals surface area contributed by atoms with Crippen molar-refractivity contribution in [2.75, 3.05) is 23.1 Å². The number of thioether (sulfide) groups is 1. The van der Waals surface area contributed by atoms with E-state index in [1.54, 1.807) is 7.11 Å². The van der Waals surface area contributed by atoms with E-state index in [-0.39, 0.29) is 22.9 Å². The van der Waals surface area contributed by atoms with Crippen molar-refractivity contribution >= 4 is 58.0 Å². The van der Waals surface area contributed by atoms with E-state index in [1.807, 2.05) is 78.9 Å². The summed E-state index contributed by atoms with van der Waals surface area (Å²) >= 11 is 6.81. The molecule has 0 fully saturated rings. The quantitative estimate of drug-likeness (QED) is 0.0904. The maximum absolute atomic E-state index is 13.4. The molecule has 5 N–H and O–H groups in total. The van der Waals surface area contributed by atoms with Gasteiger partial charge in [0.25, 0.3) is 0 Å². The fourth-order valence-electron chi connectivity index (χ4n) is 3.71. The second-order valence-corrected chi connectivity index (χ2v) is 9.83. The molecule has 4 aromatic carbocycles. The zero-order valence-corrected chi connectivity index (χ0v) is 22.4. The monoisotopic (exact) mass is 559 g/mol. The van der Waals surface area contributed by atoms with Crippen molar-refractivity contribution in [2.24, 2.45) is 0 Å². The van der Waals surface area contributed by atoms with Crippen LogP contribution in [0.5, 0.6) is 11.5 Å². The second-order valence-electron chi connectivity index (χ2n) is 8.24. The number of anilines is 3. The van der Waals surface area contributed by atoms with Crippen LogP contribution >= 0.6 is 24.0 Å². The van der Waals surface area contributed by atoms with Gasteiger partial charge in [0, 0.05) is 16.3 Å². The number of hydrogen-bond donors (Lipinski definition) is 5. The number of aromatic carboxylic acids is 1. The zero-order valence-electron chi connectivity index (χ0n) is 20.8. The zero-order chi connectivity index (χ0) is 27.8. The molecule has 0 heterocycles. The summed E-state index contributed by atoms with van der Waals surface area (Å²) in [7, 11) is 1.59. The van der Waals surface area contributed by atoms with Crippen LogP contribution in [0.15, 0.2) is 102 Å². The van der Waals surface area contributed by atoms with Crippen LogP contribution in [0.1, 0.15) is 21.2 Å². The smallest absolute Gasteiger partial charge is 0.339 e. The first kappa shape index (κ1) is 27.5. The molecular weight excluding hydrogens is 534 g/mol. The number of thiocarbonyl (C=S) groups is 1. The molecule has 4 rings (SSSR count). The number of para-hydroxylation sites is 2. The van der Waals surface area contributed by atoms with Gasteiger partial charge in [-0.1, -0.05) is 48.5 Å². The molecule has 1 unspecified atom stereocenters. The normalized spacial score (nSPS) is 11.2. The van der Waals surface area contributed by atoms with Gasteiger partial charge in [0.15, 0.2) is 5.11 Å². The Morgan fingerprint density at radius 3 is 2.31 bits per heavy atom. The van der Waals surface area contributed by atoms with E-state index in [1.165, 1.54) is 30.0 Å². The molecule has 0 aliphatic rings. The van der Waals surface area contributed by atoms with Gasteiger partial charge in [-0.3, -0.25) is 4.79 Å². The lowest BCUT2D eigenvalue weighted by Gasteiger charge is -2.18. The fourth-order valence-corrected chi connectivity index (χ4v) is 5.02. The number of hydrogen-bond acceptors (Lipinski definition) is 6. The highest BCUT2D eigenvalue weighted by Gasteiger charge is 2.23. The lowest BCUT2D eigenvalue weighted by Crippen LogP contribution is -2.20. The van der Waals surface area contributed by atoms with E-state index in [4.69, 9.17) is 17.0 Å². The van der Waals surface area contributed by atoms with E-state index < -0.39 is 11.2 Å². The van der Waals surface area contributed by atoms with Gasteiger partial charge in [-0.25, -0.2) is 4.79 Å². The first-order valence-electron chi connectivity index (χ1n) is 11.7. The Morgan fingerprint density at radius 2 is 1.56 bits per heavy atom. The summed E-state index contributed by atoms with van der Waals surface area (Å²) in [5.41, 5.74) is 2.19. The van der Waals surface area contributed by atoms with Gasteiger partial charge in [0.2, 0.25) is 5.91 Å². The van der Waals surface area contributed by atoms with Crippen LogP contribution in [0.25, 0.3) is 0 Å². The van der Waals surface area contributed by atoms with Crippen LogP contribution in [-0.4, -0.2) is 34.3 Å². The van der Waals surface area contributed by atoms with E-state index in [2.05, 4.69) is 16.0 Å². The number of phenols is 1. The summed E-state index contributed by atoms with van der Waals surface area (Å²) in [6.45, 7) is 0. The molecule has 39 heavy (non-hydrogen) atoms. The highest BCUT2D eigenvalue weighted by atomic mass is 32.2. The molecule has 10 heteroatoms. The highest BCUT2D eigenvalue weighted by molar-refractivity contribution is 8.00. The Morgan fingerprint density at radius 1 is 0.846 bits per heavy atom. The van der Waals surface area contributed by atoms with Crippen LogP contribution in [0.4, 0.5) is 17.1 Å². The second kappa shape index (κ2) is 12.8. The minimum atomic E-state index is -1.29. The number of ether oxygens (including phenoxy) is 1. The number of nitrogens with one attached hydrogen (secondary N) is 3. The maximum atomic E-state index is 13.4. The molecule has 1 atom stereocenters. The number of aromatic hydroxyl groups is 1. The Kier molecular flexibility index (Phi) is 9.03. The molecule has 0 spiro atoms. The van der Waals surface area contributed by atoms with E-state index >= 15 is 0 Å². The largest absolute Gasteiger partial charge is 0.507 e. The van der Waals surface area contributed by atoms with Gasteiger partial charge in [-0.05, 0) is 66.3 Å². The lowest BCUT2D eigenvalue weighted by atomic mass is 10.1. The molecule has 198 valence electrons. The lowest BCUT2D eigenvalue weighted by molar-refractivity contribution is -0.115. The SMILES string of the molecule is COc1ccccc1NC(=S)Nc1cccc(SC(C(=O)Nc2ccc(O)c(C(=O)O)c2)c2ccccc2)c1. The number of benzene rings is 4. The van der Waals surface area contributed by atoms with Crippen LogP contribution < -0.4 is 20.7 Å². The molecule has 8 nitrogen and oxygen atoms in total. The van der Waals surface area contributed by atoms with Crippen LogP contribution in [0.3, 0.4) is 0 Å². The molecule has 0 saturated carbocycles. The van der Waals surface area contributed by atoms with Crippen molar-refractivity contribution < 1.29 is 24.5 Å². The summed E-state index contributed by atoms with van der Waals surface area (Å²) in [5.74, 6) is -1.36. The number of amides is 1. The summed E-state index contributed by atoms with van der Waals surface area (Å²) in [6.07, 6.45) is 0. The van der Waals surface area contributed by atoms with Crippen molar-refractivity contribution in [3.05, 3.63) is 108 Å². The molecule has 0 bridgehead atoms. The number of methoxy groups -OCH3 is 1. The van der Waals surface area contributed by atoms with Gasteiger partial charge in [-0.15, -0.1) is 11.8 Å². The molecular formula is C29H25N3O5S2. The minimum absolute atomic E-state index is 0.264. The third kappa shape index (κ3) is 7.28. The highest BCUT2D eigenvalue weighted by Crippen LogP contribution is 2.37. The maximum Gasteiger partial charge on any atom is 0.339 e. The van der Waals surface area contributed by atoms with Crippen LogP contribution in [0, 0.1) is 0 Å². The number of carbonyl (C=O) groups excluding carboxylic acids is 1. The number of rotatable bonds is 9. The Labute approximate surface area is 235 Å². The molecule has 1 amide bonds. The predicted octanol–water partition coefficient (Wildman–Crippen LogP) is 6.38. The average Bonchev–Trinajstić information content (AvgIpc) is 2.93. The Hall–Kier alpha value is -4.54. The van der Waals surface area contributed by atoms with Crippen molar-refractivity contribution in [1.82, 2.24) is 0 Å². The predicted molar refractivity (Wildman–Crippen MR) is 158 cm³/mol.